The molecule has 2 aliphatic rings. The molecule has 0 aromatic heterocycles. The molecular weight excluding hydrogens is 384 g/mol. The molecule has 2 fully saturated rings. The number of benzene rings is 1. The normalized spacial score (nSPS) is 21.8. The summed E-state index contributed by atoms with van der Waals surface area (Å²) in [7, 11) is 0. The largest absolute Gasteiger partial charge is 0.480 e. The van der Waals surface area contributed by atoms with Crippen molar-refractivity contribution in [3.63, 3.8) is 0 Å². The molecule has 6 nitrogen and oxygen atoms in total. The highest BCUT2D eigenvalue weighted by atomic mass is 32.2. The van der Waals surface area contributed by atoms with Crippen LogP contribution in [0.3, 0.4) is 0 Å². The van der Waals surface area contributed by atoms with Crippen molar-refractivity contribution in [3.05, 3.63) is 40.8 Å². The third-order valence-corrected chi connectivity index (χ3v) is 6.01. The van der Waals surface area contributed by atoms with Gasteiger partial charge in [-0.3, -0.25) is 14.5 Å². The van der Waals surface area contributed by atoms with Gasteiger partial charge in [-0.2, -0.15) is 0 Å². The van der Waals surface area contributed by atoms with Gasteiger partial charge in [0.1, 0.15) is 10.4 Å². The first-order valence-corrected chi connectivity index (χ1v) is 10.0. The fraction of sp³-hybridized carbons (Fsp3) is 0.368. The topological polar surface area (TPSA) is 77.9 Å². The lowest BCUT2D eigenvalue weighted by Gasteiger charge is -2.33. The first kappa shape index (κ1) is 19.6. The Kier molecular flexibility index (Phi) is 6.28. The van der Waals surface area contributed by atoms with Crippen LogP contribution in [0.5, 0.6) is 0 Å². The molecule has 8 heteroatoms. The van der Waals surface area contributed by atoms with Crippen LogP contribution >= 0.6 is 24.0 Å². The second-order valence-corrected chi connectivity index (χ2v) is 8.11. The predicted octanol–water partition coefficient (Wildman–Crippen LogP) is 2.74. The summed E-state index contributed by atoms with van der Waals surface area (Å²) in [6.07, 6.45) is 3.93. The van der Waals surface area contributed by atoms with Crippen LogP contribution in [0.1, 0.15) is 31.2 Å². The summed E-state index contributed by atoms with van der Waals surface area (Å²) in [5.41, 5.74) is 0.909. The molecule has 1 aromatic carbocycles. The van der Waals surface area contributed by atoms with Gasteiger partial charge in [0, 0.05) is 19.5 Å². The monoisotopic (exact) mass is 404 g/mol. The van der Waals surface area contributed by atoms with E-state index in [2.05, 4.69) is 0 Å². The van der Waals surface area contributed by atoms with E-state index in [4.69, 9.17) is 12.2 Å². The van der Waals surface area contributed by atoms with E-state index < -0.39 is 12.0 Å². The maximum Gasteiger partial charge on any atom is 0.326 e. The van der Waals surface area contributed by atoms with Crippen LogP contribution in [-0.4, -0.2) is 56.1 Å². The van der Waals surface area contributed by atoms with E-state index in [0.29, 0.717) is 22.2 Å². The Balaban J connectivity index is 1.63. The maximum atomic E-state index is 12.6. The van der Waals surface area contributed by atoms with E-state index in [9.17, 15) is 19.5 Å². The van der Waals surface area contributed by atoms with E-state index in [0.717, 1.165) is 18.4 Å². The van der Waals surface area contributed by atoms with Crippen molar-refractivity contribution in [1.29, 1.82) is 0 Å². The molecule has 0 bridgehead atoms. The highest BCUT2D eigenvalue weighted by molar-refractivity contribution is 8.26. The summed E-state index contributed by atoms with van der Waals surface area (Å²) >= 11 is 6.51. The predicted molar refractivity (Wildman–Crippen MR) is 108 cm³/mol. The summed E-state index contributed by atoms with van der Waals surface area (Å²) in [6, 6.07) is 8.72. The van der Waals surface area contributed by atoms with Gasteiger partial charge in [0.15, 0.2) is 0 Å². The lowest BCUT2D eigenvalue weighted by atomic mass is 10.0. The number of hydrogen-bond acceptors (Lipinski definition) is 5. The van der Waals surface area contributed by atoms with Crippen molar-refractivity contribution in [3.8, 4) is 0 Å². The van der Waals surface area contributed by atoms with E-state index >= 15 is 0 Å². The quantitative estimate of drug-likeness (QED) is 0.601. The van der Waals surface area contributed by atoms with Gasteiger partial charge in [0.2, 0.25) is 5.91 Å². The number of thioether (sulfide) groups is 1. The summed E-state index contributed by atoms with van der Waals surface area (Å²) in [6.45, 7) is 0.612. The Bertz CT molecular complexity index is 794. The number of carbonyl (C=O) groups excluding carboxylic acids is 2. The Morgan fingerprint density at radius 1 is 1.26 bits per heavy atom. The van der Waals surface area contributed by atoms with Crippen molar-refractivity contribution in [2.75, 3.05) is 13.1 Å². The molecule has 0 aliphatic carbocycles. The van der Waals surface area contributed by atoms with Gasteiger partial charge >= 0.3 is 5.97 Å². The molecule has 2 aliphatic heterocycles. The third kappa shape index (κ3) is 4.56. The van der Waals surface area contributed by atoms with Gasteiger partial charge in [-0.25, -0.2) is 4.79 Å². The van der Waals surface area contributed by atoms with Crippen LogP contribution in [0.25, 0.3) is 6.08 Å². The lowest BCUT2D eigenvalue weighted by Crippen LogP contribution is -2.48. The number of aliphatic carboxylic acids is 1. The van der Waals surface area contributed by atoms with E-state index in [1.54, 1.807) is 6.08 Å². The van der Waals surface area contributed by atoms with Gasteiger partial charge in [0.05, 0.1) is 4.91 Å². The van der Waals surface area contributed by atoms with Crippen molar-refractivity contribution in [2.45, 2.75) is 31.7 Å². The second kappa shape index (κ2) is 8.67. The molecule has 0 radical (unpaired) electrons. The molecule has 0 spiro atoms. The molecular formula is C19H20N2O4S2. The SMILES string of the molecule is O=C(O)C1CCCCN1C(=O)CCN1C(=O)C(=Cc2ccccc2)SC1=S. The van der Waals surface area contributed by atoms with Gasteiger partial charge < -0.3 is 10.0 Å². The molecule has 1 aromatic rings. The van der Waals surface area contributed by atoms with E-state index in [1.165, 1.54) is 21.6 Å². The number of piperidine rings is 1. The Hall–Kier alpha value is -2.19. The highest BCUT2D eigenvalue weighted by Crippen LogP contribution is 2.32. The van der Waals surface area contributed by atoms with Crippen molar-refractivity contribution < 1.29 is 19.5 Å². The average molecular weight is 405 g/mol. The van der Waals surface area contributed by atoms with Crippen molar-refractivity contribution in [2.24, 2.45) is 0 Å². The zero-order valence-corrected chi connectivity index (χ0v) is 16.3. The minimum atomic E-state index is -0.973. The standard InChI is InChI=1S/C19H20N2O4S2/c22-16(20-10-5-4-8-14(20)18(24)25)9-11-21-17(23)15(27-19(21)26)12-13-6-2-1-3-7-13/h1-3,6-7,12,14H,4-5,8-11H2,(H,24,25). The molecule has 142 valence electrons. The summed E-state index contributed by atoms with van der Waals surface area (Å²) in [5, 5.41) is 9.31. The van der Waals surface area contributed by atoms with Crippen LogP contribution in [0.2, 0.25) is 0 Å². The first-order valence-electron chi connectivity index (χ1n) is 8.80. The Morgan fingerprint density at radius 3 is 2.70 bits per heavy atom. The number of hydrogen-bond donors (Lipinski definition) is 1. The fourth-order valence-corrected chi connectivity index (χ4v) is 4.54. The fourth-order valence-electron chi connectivity index (χ4n) is 3.23. The minimum absolute atomic E-state index is 0.0643. The summed E-state index contributed by atoms with van der Waals surface area (Å²) in [4.78, 5) is 39.9. The zero-order chi connectivity index (χ0) is 19.4. The molecule has 0 saturated carbocycles. The summed E-state index contributed by atoms with van der Waals surface area (Å²) in [5.74, 6) is -1.43. The van der Waals surface area contributed by atoms with Gasteiger partial charge in [-0.1, -0.05) is 54.3 Å². The molecule has 3 rings (SSSR count). The number of nitrogens with zero attached hydrogens (tertiary/aromatic N) is 2. The van der Waals surface area contributed by atoms with Gasteiger partial charge in [-0.15, -0.1) is 0 Å². The van der Waals surface area contributed by atoms with Crippen molar-refractivity contribution in [1.82, 2.24) is 9.80 Å². The average Bonchev–Trinajstić information content (AvgIpc) is 2.93. The summed E-state index contributed by atoms with van der Waals surface area (Å²) < 4.78 is 0.420. The highest BCUT2D eigenvalue weighted by Gasteiger charge is 2.35. The van der Waals surface area contributed by atoms with Crippen LogP contribution in [0.4, 0.5) is 0 Å². The number of amides is 2. The first-order chi connectivity index (χ1) is 13.0. The van der Waals surface area contributed by atoms with Crippen LogP contribution < -0.4 is 0 Å². The second-order valence-electron chi connectivity index (χ2n) is 6.43. The lowest BCUT2D eigenvalue weighted by molar-refractivity contribution is -0.152. The number of carboxylic acids is 1. The molecule has 2 saturated heterocycles. The van der Waals surface area contributed by atoms with Crippen LogP contribution in [0.15, 0.2) is 35.2 Å². The minimum Gasteiger partial charge on any atom is -0.480 e. The number of rotatable bonds is 5. The molecule has 1 atom stereocenters. The zero-order valence-electron chi connectivity index (χ0n) is 14.7. The number of likely N-dealkylation sites (tertiary alicyclic amines) is 1. The molecule has 1 unspecified atom stereocenters. The maximum absolute atomic E-state index is 12.6. The number of carbonyl (C=O) groups is 3. The van der Waals surface area contributed by atoms with Crippen LogP contribution in [-0.2, 0) is 14.4 Å². The van der Waals surface area contributed by atoms with Gasteiger partial charge in [-0.05, 0) is 30.9 Å². The van der Waals surface area contributed by atoms with E-state index in [1.807, 2.05) is 30.3 Å². The number of carboxylic acid groups (broad SMARTS) is 1. The molecule has 2 heterocycles. The molecule has 2 amide bonds. The third-order valence-electron chi connectivity index (χ3n) is 4.63. The molecule has 1 N–H and O–H groups in total. The smallest absolute Gasteiger partial charge is 0.326 e. The van der Waals surface area contributed by atoms with E-state index in [-0.39, 0.29) is 24.8 Å². The Labute approximate surface area is 167 Å². The molecule has 27 heavy (non-hydrogen) atoms. The number of thiocarbonyl (C=S) groups is 1. The van der Waals surface area contributed by atoms with Gasteiger partial charge in [0.25, 0.3) is 5.91 Å². The van der Waals surface area contributed by atoms with Crippen molar-refractivity contribution >= 4 is 52.2 Å². The van der Waals surface area contributed by atoms with Crippen LogP contribution in [0, 0.1) is 0 Å². The Morgan fingerprint density at radius 2 is 2.00 bits per heavy atom.